The molecule has 0 aliphatic carbocycles. The molecule has 62 heavy (non-hydrogen) atoms. The van der Waals surface area contributed by atoms with Crippen molar-refractivity contribution in [2.45, 2.75) is 0 Å². The molecule has 11 aromatic carbocycles. The van der Waals surface area contributed by atoms with E-state index in [4.69, 9.17) is 4.42 Å². The van der Waals surface area contributed by atoms with Gasteiger partial charge in [0.05, 0.1) is 5.69 Å². The average Bonchev–Trinajstić information content (AvgIpc) is 3.74. The summed E-state index contributed by atoms with van der Waals surface area (Å²) in [4.78, 5) is 2.36. The van der Waals surface area contributed by atoms with E-state index in [0.29, 0.717) is 0 Å². The Morgan fingerprint density at radius 1 is 0.290 bits per heavy atom. The van der Waals surface area contributed by atoms with Crippen LogP contribution in [0.5, 0.6) is 0 Å². The zero-order chi connectivity index (χ0) is 41.0. The second kappa shape index (κ2) is 14.8. The van der Waals surface area contributed by atoms with Crippen LogP contribution in [-0.4, -0.2) is 0 Å². The summed E-state index contributed by atoms with van der Waals surface area (Å²) in [6, 6.07) is 85.5. The van der Waals surface area contributed by atoms with Gasteiger partial charge in [0.2, 0.25) is 0 Å². The number of fused-ring (bicyclic) bond motifs is 7. The van der Waals surface area contributed by atoms with Crippen molar-refractivity contribution in [3.8, 4) is 44.5 Å². The number of hydrogen-bond acceptors (Lipinski definition) is 2. The van der Waals surface area contributed by atoms with Gasteiger partial charge in [-0.1, -0.05) is 194 Å². The molecule has 1 aromatic heterocycles. The highest BCUT2D eigenvalue weighted by Crippen LogP contribution is 2.47. The van der Waals surface area contributed by atoms with Gasteiger partial charge in [0.15, 0.2) is 5.58 Å². The van der Waals surface area contributed by atoms with Crippen molar-refractivity contribution in [3.05, 3.63) is 237 Å². The van der Waals surface area contributed by atoms with E-state index in [1.165, 1.54) is 60.1 Å². The van der Waals surface area contributed by atoms with Gasteiger partial charge in [0.1, 0.15) is 5.58 Å². The standard InChI is InChI=1S/C60H39NO/c1-3-18-41(19-4-1)58-53-30-10-9-28-50(53)51-36-35-44(39-55(51)59(58)42-20-5-2-6-21-42)43-23-13-25-46(37-43)61(56-33-16-32-54-52-29-11-12-34-57(52)62-60(54)56)47-26-14-24-45(38-47)49-31-15-22-40-17-7-8-27-48(40)49/h1-39H. The third-order valence-electron chi connectivity index (χ3n) is 12.4. The molecule has 0 unspecified atom stereocenters. The molecule has 0 bridgehead atoms. The lowest BCUT2D eigenvalue weighted by atomic mass is 9.84. The van der Waals surface area contributed by atoms with Crippen molar-refractivity contribution < 1.29 is 4.42 Å². The lowest BCUT2D eigenvalue weighted by Crippen LogP contribution is -2.10. The van der Waals surface area contributed by atoms with Gasteiger partial charge in [0, 0.05) is 22.1 Å². The van der Waals surface area contributed by atoms with Gasteiger partial charge in [-0.15, -0.1) is 0 Å². The molecule has 12 rings (SSSR count). The van der Waals surface area contributed by atoms with Gasteiger partial charge in [0.25, 0.3) is 0 Å². The van der Waals surface area contributed by atoms with Crippen molar-refractivity contribution >= 4 is 71.3 Å². The smallest absolute Gasteiger partial charge is 0.159 e. The molecule has 0 aliphatic rings. The minimum absolute atomic E-state index is 0.855. The normalized spacial score (nSPS) is 11.5. The Morgan fingerprint density at radius 2 is 0.806 bits per heavy atom. The monoisotopic (exact) mass is 789 g/mol. The van der Waals surface area contributed by atoms with Crippen LogP contribution in [0.2, 0.25) is 0 Å². The van der Waals surface area contributed by atoms with Crippen molar-refractivity contribution in [3.63, 3.8) is 0 Å². The molecule has 0 atom stereocenters. The molecular weight excluding hydrogens is 751 g/mol. The highest BCUT2D eigenvalue weighted by molar-refractivity contribution is 6.22. The first-order valence-electron chi connectivity index (χ1n) is 21.3. The molecule has 1 heterocycles. The number of para-hydroxylation sites is 2. The Labute approximate surface area is 360 Å². The van der Waals surface area contributed by atoms with Gasteiger partial charge in [-0.05, 0) is 119 Å². The fourth-order valence-electron chi connectivity index (χ4n) is 9.63. The van der Waals surface area contributed by atoms with Crippen molar-refractivity contribution in [1.82, 2.24) is 0 Å². The highest BCUT2D eigenvalue weighted by Gasteiger charge is 2.22. The first kappa shape index (κ1) is 35.7. The number of furan rings is 1. The summed E-state index contributed by atoms with van der Waals surface area (Å²) in [7, 11) is 0. The van der Waals surface area contributed by atoms with E-state index in [9.17, 15) is 0 Å². The summed E-state index contributed by atoms with van der Waals surface area (Å²) in [5.41, 5.74) is 14.3. The first-order chi connectivity index (χ1) is 30.8. The minimum Gasteiger partial charge on any atom is -0.454 e. The largest absolute Gasteiger partial charge is 0.454 e. The van der Waals surface area contributed by atoms with E-state index in [-0.39, 0.29) is 0 Å². The van der Waals surface area contributed by atoms with Crippen LogP contribution in [0, 0.1) is 0 Å². The third kappa shape index (κ3) is 5.96. The molecule has 2 nitrogen and oxygen atoms in total. The summed E-state index contributed by atoms with van der Waals surface area (Å²) >= 11 is 0. The Kier molecular flexibility index (Phi) is 8.53. The van der Waals surface area contributed by atoms with Crippen LogP contribution in [0.25, 0.3) is 98.8 Å². The second-order valence-corrected chi connectivity index (χ2v) is 16.0. The van der Waals surface area contributed by atoms with Crippen LogP contribution in [0.15, 0.2) is 241 Å². The van der Waals surface area contributed by atoms with Crippen LogP contribution in [0.3, 0.4) is 0 Å². The molecule has 0 N–H and O–H groups in total. The van der Waals surface area contributed by atoms with Gasteiger partial charge in [-0.2, -0.15) is 0 Å². The topological polar surface area (TPSA) is 16.4 Å². The highest BCUT2D eigenvalue weighted by atomic mass is 16.3. The molecule has 0 saturated heterocycles. The number of hydrogen-bond donors (Lipinski definition) is 0. The van der Waals surface area contributed by atoms with Crippen LogP contribution >= 0.6 is 0 Å². The Balaban J connectivity index is 1.08. The SMILES string of the molecule is c1ccc(-c2c(-c3ccccc3)c3cc(-c4cccc(N(c5cccc(-c6cccc7ccccc67)c5)c5cccc6c5oc5ccccc56)c4)ccc3c3ccccc23)cc1. The number of anilines is 3. The van der Waals surface area contributed by atoms with E-state index < -0.39 is 0 Å². The van der Waals surface area contributed by atoms with Crippen LogP contribution in [-0.2, 0) is 0 Å². The molecule has 0 aliphatic heterocycles. The number of nitrogens with zero attached hydrogens (tertiary/aromatic N) is 1. The zero-order valence-corrected chi connectivity index (χ0v) is 33.9. The number of rotatable bonds is 7. The molecular formula is C60H39NO. The molecule has 0 fully saturated rings. The molecule has 0 radical (unpaired) electrons. The van der Waals surface area contributed by atoms with Crippen LogP contribution in [0.1, 0.15) is 0 Å². The zero-order valence-electron chi connectivity index (χ0n) is 33.9. The Bertz CT molecular complexity index is 3630. The van der Waals surface area contributed by atoms with E-state index in [1.54, 1.807) is 0 Å². The van der Waals surface area contributed by atoms with Crippen molar-refractivity contribution in [2.75, 3.05) is 4.90 Å². The second-order valence-electron chi connectivity index (χ2n) is 16.0. The number of benzene rings is 11. The fraction of sp³-hybridized carbons (Fsp3) is 0. The summed E-state index contributed by atoms with van der Waals surface area (Å²) in [5.74, 6) is 0. The lowest BCUT2D eigenvalue weighted by Gasteiger charge is -2.27. The summed E-state index contributed by atoms with van der Waals surface area (Å²) in [6.07, 6.45) is 0. The van der Waals surface area contributed by atoms with Crippen LogP contribution < -0.4 is 4.90 Å². The Morgan fingerprint density at radius 3 is 1.58 bits per heavy atom. The maximum Gasteiger partial charge on any atom is 0.159 e. The van der Waals surface area contributed by atoms with Gasteiger partial charge < -0.3 is 9.32 Å². The van der Waals surface area contributed by atoms with E-state index in [2.05, 4.69) is 235 Å². The van der Waals surface area contributed by atoms with Crippen LogP contribution in [0.4, 0.5) is 17.1 Å². The molecule has 12 aromatic rings. The molecule has 2 heteroatoms. The third-order valence-corrected chi connectivity index (χ3v) is 12.4. The van der Waals surface area contributed by atoms with E-state index >= 15 is 0 Å². The summed E-state index contributed by atoms with van der Waals surface area (Å²) in [6.45, 7) is 0. The molecule has 0 spiro atoms. The Hall–Kier alpha value is -8.20. The summed E-state index contributed by atoms with van der Waals surface area (Å²) in [5, 5.41) is 9.62. The molecule has 0 saturated carbocycles. The quantitative estimate of drug-likeness (QED) is 0.150. The minimum atomic E-state index is 0.855. The predicted octanol–water partition coefficient (Wildman–Crippen LogP) is 17.2. The first-order valence-corrected chi connectivity index (χ1v) is 21.3. The maximum atomic E-state index is 6.74. The van der Waals surface area contributed by atoms with Crippen molar-refractivity contribution in [2.24, 2.45) is 0 Å². The molecule has 0 amide bonds. The van der Waals surface area contributed by atoms with E-state index in [1.807, 2.05) is 6.07 Å². The summed E-state index contributed by atoms with van der Waals surface area (Å²) < 4.78 is 6.74. The van der Waals surface area contributed by atoms with E-state index in [0.717, 1.165) is 55.7 Å². The lowest BCUT2D eigenvalue weighted by molar-refractivity contribution is 0.669. The van der Waals surface area contributed by atoms with Gasteiger partial charge in [-0.25, -0.2) is 0 Å². The van der Waals surface area contributed by atoms with Gasteiger partial charge >= 0.3 is 0 Å². The van der Waals surface area contributed by atoms with Gasteiger partial charge in [-0.3, -0.25) is 0 Å². The van der Waals surface area contributed by atoms with Crippen molar-refractivity contribution in [1.29, 1.82) is 0 Å². The fourth-order valence-corrected chi connectivity index (χ4v) is 9.63. The molecule has 290 valence electrons. The maximum absolute atomic E-state index is 6.74. The average molecular weight is 790 g/mol. The predicted molar refractivity (Wildman–Crippen MR) is 263 cm³/mol.